The zero-order valence-electron chi connectivity index (χ0n) is 10.1. The van der Waals surface area contributed by atoms with Gasteiger partial charge in [0.1, 0.15) is 0 Å². The minimum atomic E-state index is 0.190. The molecule has 2 atom stereocenters. The molecule has 0 saturated heterocycles. The fraction of sp³-hybridized carbons (Fsp3) is 0.923. The molecule has 92 valence electrons. The van der Waals surface area contributed by atoms with Gasteiger partial charge in [-0.3, -0.25) is 4.79 Å². The van der Waals surface area contributed by atoms with E-state index in [9.17, 15) is 4.79 Å². The van der Waals surface area contributed by atoms with Gasteiger partial charge in [0.2, 0.25) is 5.91 Å². The molecule has 3 heteroatoms. The van der Waals surface area contributed by atoms with Gasteiger partial charge in [-0.05, 0) is 38.0 Å². The van der Waals surface area contributed by atoms with Crippen molar-refractivity contribution in [3.63, 3.8) is 0 Å². The van der Waals surface area contributed by atoms with E-state index in [1.54, 1.807) is 0 Å². The smallest absolute Gasteiger partial charge is 0.220 e. The third-order valence-electron chi connectivity index (χ3n) is 4.11. The average molecular weight is 224 g/mol. The maximum Gasteiger partial charge on any atom is 0.220 e. The Labute approximate surface area is 98.2 Å². The van der Waals surface area contributed by atoms with Gasteiger partial charge in [0, 0.05) is 18.5 Å². The highest BCUT2D eigenvalue weighted by Gasteiger charge is 2.26. The maximum absolute atomic E-state index is 11.8. The normalized spacial score (nSPS) is 31.6. The van der Waals surface area contributed by atoms with Crippen LogP contribution >= 0.6 is 0 Å². The topological polar surface area (TPSA) is 55.1 Å². The van der Waals surface area contributed by atoms with E-state index in [4.69, 9.17) is 5.73 Å². The first kappa shape index (κ1) is 11.9. The van der Waals surface area contributed by atoms with Crippen molar-refractivity contribution in [2.45, 2.75) is 69.9 Å². The molecular weight excluding hydrogens is 200 g/mol. The molecule has 2 rings (SSSR count). The second-order valence-electron chi connectivity index (χ2n) is 5.48. The summed E-state index contributed by atoms with van der Waals surface area (Å²) in [4.78, 5) is 11.8. The summed E-state index contributed by atoms with van der Waals surface area (Å²) in [7, 11) is 0. The lowest BCUT2D eigenvalue weighted by Crippen LogP contribution is -2.44. The summed E-state index contributed by atoms with van der Waals surface area (Å²) in [6.07, 6.45) is 10.5. The van der Waals surface area contributed by atoms with E-state index in [2.05, 4.69) is 5.32 Å². The van der Waals surface area contributed by atoms with Crippen LogP contribution in [0.1, 0.15) is 57.8 Å². The van der Waals surface area contributed by atoms with Crippen molar-refractivity contribution < 1.29 is 4.79 Å². The first-order valence-electron chi connectivity index (χ1n) is 6.80. The van der Waals surface area contributed by atoms with E-state index < -0.39 is 0 Å². The van der Waals surface area contributed by atoms with Crippen LogP contribution in [0.15, 0.2) is 0 Å². The zero-order valence-corrected chi connectivity index (χ0v) is 10.1. The molecule has 0 aromatic heterocycles. The number of hydrogen-bond acceptors (Lipinski definition) is 2. The van der Waals surface area contributed by atoms with Gasteiger partial charge in [-0.25, -0.2) is 0 Å². The molecule has 3 nitrogen and oxygen atoms in total. The zero-order chi connectivity index (χ0) is 11.4. The van der Waals surface area contributed by atoms with Gasteiger partial charge in [0.15, 0.2) is 0 Å². The summed E-state index contributed by atoms with van der Waals surface area (Å²) in [5.41, 5.74) is 5.95. The third kappa shape index (κ3) is 3.21. The lowest BCUT2D eigenvalue weighted by atomic mass is 9.87. The Balaban J connectivity index is 1.70. The van der Waals surface area contributed by atoms with Crippen LogP contribution in [0.2, 0.25) is 0 Å². The van der Waals surface area contributed by atoms with E-state index in [1.165, 1.54) is 32.1 Å². The summed E-state index contributed by atoms with van der Waals surface area (Å²) in [5, 5.41) is 3.11. The van der Waals surface area contributed by atoms with E-state index in [-0.39, 0.29) is 18.0 Å². The Kier molecular flexibility index (Phi) is 4.22. The van der Waals surface area contributed by atoms with Crippen molar-refractivity contribution in [3.05, 3.63) is 0 Å². The maximum atomic E-state index is 11.8. The van der Waals surface area contributed by atoms with Crippen LogP contribution in [0.5, 0.6) is 0 Å². The predicted octanol–water partition coefficient (Wildman–Crippen LogP) is 1.95. The number of carbonyl (C=O) groups excluding carboxylic acids is 1. The van der Waals surface area contributed by atoms with Crippen LogP contribution < -0.4 is 11.1 Å². The quantitative estimate of drug-likeness (QED) is 0.770. The second kappa shape index (κ2) is 5.67. The number of nitrogens with one attached hydrogen (secondary N) is 1. The molecule has 2 aliphatic carbocycles. The molecule has 0 aromatic rings. The highest BCUT2D eigenvalue weighted by atomic mass is 16.1. The number of carbonyl (C=O) groups is 1. The van der Waals surface area contributed by atoms with Gasteiger partial charge in [-0.15, -0.1) is 0 Å². The molecule has 0 radical (unpaired) electrons. The largest absolute Gasteiger partial charge is 0.352 e. The first-order valence-corrected chi connectivity index (χ1v) is 6.80. The predicted molar refractivity (Wildman–Crippen MR) is 64.9 cm³/mol. The SMILES string of the molecule is NC1CCCC1NC(=O)CC1CCCCC1. The fourth-order valence-corrected chi connectivity index (χ4v) is 3.09. The van der Waals surface area contributed by atoms with Gasteiger partial charge in [-0.2, -0.15) is 0 Å². The van der Waals surface area contributed by atoms with Gasteiger partial charge in [-0.1, -0.05) is 19.3 Å². The van der Waals surface area contributed by atoms with E-state index in [0.29, 0.717) is 5.92 Å². The number of hydrogen-bond donors (Lipinski definition) is 2. The van der Waals surface area contributed by atoms with Crippen molar-refractivity contribution in [1.82, 2.24) is 5.32 Å². The van der Waals surface area contributed by atoms with E-state index in [0.717, 1.165) is 25.7 Å². The summed E-state index contributed by atoms with van der Waals surface area (Å²) >= 11 is 0. The van der Waals surface area contributed by atoms with Gasteiger partial charge in [0.25, 0.3) is 0 Å². The second-order valence-corrected chi connectivity index (χ2v) is 5.48. The van der Waals surface area contributed by atoms with E-state index in [1.807, 2.05) is 0 Å². The molecule has 2 fully saturated rings. The molecule has 0 spiro atoms. The van der Waals surface area contributed by atoms with Crippen LogP contribution in [-0.4, -0.2) is 18.0 Å². The minimum Gasteiger partial charge on any atom is -0.352 e. The summed E-state index contributed by atoms with van der Waals surface area (Å²) in [6, 6.07) is 0.436. The molecule has 0 aromatic carbocycles. The van der Waals surface area contributed by atoms with Gasteiger partial charge < -0.3 is 11.1 Å². The first-order chi connectivity index (χ1) is 7.75. The highest BCUT2D eigenvalue weighted by Crippen LogP contribution is 2.26. The van der Waals surface area contributed by atoms with Crippen molar-refractivity contribution in [3.8, 4) is 0 Å². The van der Waals surface area contributed by atoms with Crippen LogP contribution in [0.25, 0.3) is 0 Å². The van der Waals surface area contributed by atoms with Crippen molar-refractivity contribution in [1.29, 1.82) is 0 Å². The van der Waals surface area contributed by atoms with Crippen molar-refractivity contribution >= 4 is 5.91 Å². The third-order valence-corrected chi connectivity index (χ3v) is 4.11. The minimum absolute atomic E-state index is 0.190. The molecule has 2 aliphatic rings. The molecule has 0 aliphatic heterocycles. The van der Waals surface area contributed by atoms with Crippen molar-refractivity contribution in [2.75, 3.05) is 0 Å². The number of nitrogens with two attached hydrogens (primary N) is 1. The lowest BCUT2D eigenvalue weighted by molar-refractivity contribution is -0.123. The molecule has 0 bridgehead atoms. The number of amides is 1. The highest BCUT2D eigenvalue weighted by molar-refractivity contribution is 5.76. The molecule has 16 heavy (non-hydrogen) atoms. The fourth-order valence-electron chi connectivity index (χ4n) is 3.09. The van der Waals surface area contributed by atoms with Crippen LogP contribution in [0.3, 0.4) is 0 Å². The van der Waals surface area contributed by atoms with Crippen LogP contribution in [-0.2, 0) is 4.79 Å². The lowest BCUT2D eigenvalue weighted by Gasteiger charge is -2.23. The Morgan fingerprint density at radius 3 is 2.44 bits per heavy atom. The Bertz CT molecular complexity index is 236. The monoisotopic (exact) mass is 224 g/mol. The molecule has 1 amide bonds. The molecule has 3 N–H and O–H groups in total. The summed E-state index contributed by atoms with van der Waals surface area (Å²) < 4.78 is 0. The van der Waals surface area contributed by atoms with E-state index >= 15 is 0 Å². The van der Waals surface area contributed by atoms with Crippen LogP contribution in [0, 0.1) is 5.92 Å². The Morgan fingerprint density at radius 2 is 1.81 bits per heavy atom. The van der Waals surface area contributed by atoms with Crippen LogP contribution in [0.4, 0.5) is 0 Å². The van der Waals surface area contributed by atoms with Gasteiger partial charge in [0.05, 0.1) is 0 Å². The summed E-state index contributed by atoms with van der Waals surface area (Å²) in [6.45, 7) is 0. The summed E-state index contributed by atoms with van der Waals surface area (Å²) in [5.74, 6) is 0.862. The molecule has 2 unspecified atom stereocenters. The standard InChI is InChI=1S/C13H24N2O/c14-11-7-4-8-12(11)15-13(16)9-10-5-2-1-3-6-10/h10-12H,1-9,14H2,(H,15,16). The molecular formula is C13H24N2O. The molecule has 2 saturated carbocycles. The Hall–Kier alpha value is -0.570. The van der Waals surface area contributed by atoms with Crippen molar-refractivity contribution in [2.24, 2.45) is 11.7 Å². The number of rotatable bonds is 3. The Morgan fingerprint density at radius 1 is 1.06 bits per heavy atom. The molecule has 0 heterocycles. The van der Waals surface area contributed by atoms with Gasteiger partial charge >= 0.3 is 0 Å². The average Bonchev–Trinajstić information content (AvgIpc) is 2.66.